The number of benzene rings is 3. The average molecular weight is 401 g/mol. The number of pyridine rings is 1. The van der Waals surface area contributed by atoms with Crippen LogP contribution in [0.15, 0.2) is 87.8 Å². The Kier molecular flexibility index (Phi) is 3.07. The zero-order valence-electron chi connectivity index (χ0n) is 17.3. The Bertz CT molecular complexity index is 1670. The molecule has 0 saturated heterocycles. The van der Waals surface area contributed by atoms with E-state index in [-0.39, 0.29) is 5.41 Å². The van der Waals surface area contributed by atoms with Gasteiger partial charge in [0.15, 0.2) is 0 Å². The van der Waals surface area contributed by atoms with Crippen molar-refractivity contribution < 1.29 is 8.83 Å². The van der Waals surface area contributed by atoms with Crippen LogP contribution in [-0.2, 0) is 5.41 Å². The van der Waals surface area contributed by atoms with E-state index in [1.807, 2.05) is 42.6 Å². The number of hydrogen-bond acceptors (Lipinski definition) is 3. The first kappa shape index (κ1) is 16.9. The quantitative estimate of drug-likeness (QED) is 0.283. The van der Waals surface area contributed by atoms with Gasteiger partial charge >= 0.3 is 0 Å². The molecule has 31 heavy (non-hydrogen) atoms. The molecule has 7 rings (SSSR count). The molecule has 148 valence electrons. The van der Waals surface area contributed by atoms with E-state index in [4.69, 9.17) is 13.8 Å². The van der Waals surface area contributed by atoms with E-state index in [2.05, 4.69) is 50.2 Å². The first-order valence-corrected chi connectivity index (χ1v) is 10.6. The molecule has 0 unspecified atom stereocenters. The summed E-state index contributed by atoms with van der Waals surface area (Å²) < 4.78 is 12.4. The van der Waals surface area contributed by atoms with Crippen LogP contribution < -0.4 is 0 Å². The van der Waals surface area contributed by atoms with Crippen LogP contribution in [0.5, 0.6) is 0 Å². The minimum Gasteiger partial charge on any atom is -0.456 e. The van der Waals surface area contributed by atoms with Crippen molar-refractivity contribution in [2.75, 3.05) is 0 Å². The fourth-order valence-electron chi connectivity index (χ4n) is 5.29. The number of furan rings is 2. The van der Waals surface area contributed by atoms with Crippen molar-refractivity contribution in [3.8, 4) is 22.6 Å². The Morgan fingerprint density at radius 3 is 2.32 bits per heavy atom. The van der Waals surface area contributed by atoms with E-state index in [0.29, 0.717) is 0 Å². The number of fused-ring (bicyclic) bond motifs is 8. The Hall–Kier alpha value is -3.85. The van der Waals surface area contributed by atoms with Crippen molar-refractivity contribution >= 4 is 32.9 Å². The maximum atomic E-state index is 6.30. The van der Waals surface area contributed by atoms with Gasteiger partial charge in [-0.25, -0.2) is 0 Å². The van der Waals surface area contributed by atoms with Crippen LogP contribution in [0.2, 0.25) is 0 Å². The SMILES string of the molecule is CC1(C)c2cc(-c3nccc4oc5ccccc5c34)ccc2-c2oc3ccccc3c21. The standard InChI is InChI=1S/C28H19NO2/c1-28(2)20-15-16(11-12-17(20)27-25(28)19-8-4-6-10-22(19)31-27)26-24-18-7-3-5-9-21(18)30-23(24)13-14-29-26/h3-15H,1-2H3. The molecule has 1 aliphatic rings. The molecule has 6 aromatic rings. The highest BCUT2D eigenvalue weighted by atomic mass is 16.3. The van der Waals surface area contributed by atoms with Crippen LogP contribution in [0.1, 0.15) is 25.0 Å². The maximum Gasteiger partial charge on any atom is 0.139 e. The summed E-state index contributed by atoms with van der Waals surface area (Å²) in [6.45, 7) is 4.56. The molecule has 0 radical (unpaired) electrons. The van der Waals surface area contributed by atoms with E-state index in [1.165, 1.54) is 22.1 Å². The van der Waals surface area contributed by atoms with Crippen molar-refractivity contribution in [3.05, 3.63) is 90.1 Å². The summed E-state index contributed by atoms with van der Waals surface area (Å²) in [7, 11) is 0. The topological polar surface area (TPSA) is 39.2 Å². The number of nitrogens with zero attached hydrogens (tertiary/aromatic N) is 1. The highest BCUT2D eigenvalue weighted by molar-refractivity contribution is 6.11. The van der Waals surface area contributed by atoms with E-state index in [0.717, 1.165) is 44.5 Å². The number of para-hydroxylation sites is 2. The third-order valence-electron chi connectivity index (χ3n) is 6.72. The number of aromatic nitrogens is 1. The van der Waals surface area contributed by atoms with Gasteiger partial charge in [0.25, 0.3) is 0 Å². The van der Waals surface area contributed by atoms with Gasteiger partial charge in [-0.1, -0.05) is 62.4 Å². The van der Waals surface area contributed by atoms with Gasteiger partial charge in [0.2, 0.25) is 0 Å². The maximum absolute atomic E-state index is 6.30. The van der Waals surface area contributed by atoms with E-state index in [1.54, 1.807) is 0 Å². The lowest BCUT2D eigenvalue weighted by Gasteiger charge is -2.21. The molecule has 0 amide bonds. The average Bonchev–Trinajstić information content (AvgIpc) is 3.43. The largest absolute Gasteiger partial charge is 0.456 e. The fourth-order valence-corrected chi connectivity index (χ4v) is 5.29. The Morgan fingerprint density at radius 1 is 0.742 bits per heavy atom. The fraction of sp³-hybridized carbons (Fsp3) is 0.107. The second-order valence-corrected chi connectivity index (χ2v) is 8.82. The van der Waals surface area contributed by atoms with Gasteiger partial charge in [0, 0.05) is 39.1 Å². The van der Waals surface area contributed by atoms with Gasteiger partial charge in [-0.3, -0.25) is 4.98 Å². The lowest BCUT2D eigenvalue weighted by Crippen LogP contribution is -2.15. The molecule has 0 saturated carbocycles. The van der Waals surface area contributed by atoms with Crippen LogP contribution in [0.4, 0.5) is 0 Å². The molecule has 3 nitrogen and oxygen atoms in total. The van der Waals surface area contributed by atoms with Crippen LogP contribution in [0.3, 0.4) is 0 Å². The first-order chi connectivity index (χ1) is 15.1. The summed E-state index contributed by atoms with van der Waals surface area (Å²) >= 11 is 0. The van der Waals surface area contributed by atoms with Gasteiger partial charge in [-0.2, -0.15) is 0 Å². The monoisotopic (exact) mass is 401 g/mol. The lowest BCUT2D eigenvalue weighted by molar-refractivity contribution is 0.619. The zero-order chi connectivity index (χ0) is 20.7. The molecule has 1 aliphatic carbocycles. The second-order valence-electron chi connectivity index (χ2n) is 8.82. The predicted octanol–water partition coefficient (Wildman–Crippen LogP) is 7.70. The summed E-state index contributed by atoms with van der Waals surface area (Å²) in [5, 5.41) is 3.36. The first-order valence-electron chi connectivity index (χ1n) is 10.6. The molecule has 3 heterocycles. The minimum atomic E-state index is -0.153. The Balaban J connectivity index is 1.50. The second kappa shape index (κ2) is 5.64. The summed E-state index contributed by atoms with van der Waals surface area (Å²) in [5.41, 5.74) is 8.32. The molecule has 0 spiro atoms. The third-order valence-corrected chi connectivity index (χ3v) is 6.72. The molecule has 0 N–H and O–H groups in total. The molecule has 3 aromatic carbocycles. The molecule has 0 fully saturated rings. The van der Waals surface area contributed by atoms with Crippen LogP contribution in [0, 0.1) is 0 Å². The molecule has 3 aromatic heterocycles. The number of hydrogen-bond donors (Lipinski definition) is 0. The summed E-state index contributed by atoms with van der Waals surface area (Å²) in [5.74, 6) is 0.993. The van der Waals surface area contributed by atoms with E-state index < -0.39 is 0 Å². The highest BCUT2D eigenvalue weighted by Crippen LogP contribution is 2.53. The zero-order valence-corrected chi connectivity index (χ0v) is 17.3. The van der Waals surface area contributed by atoms with Crippen molar-refractivity contribution in [2.24, 2.45) is 0 Å². The van der Waals surface area contributed by atoms with Crippen molar-refractivity contribution in [2.45, 2.75) is 19.3 Å². The van der Waals surface area contributed by atoms with Crippen LogP contribution in [-0.4, -0.2) is 4.98 Å². The molecule has 0 bridgehead atoms. The lowest BCUT2D eigenvalue weighted by atomic mass is 9.81. The Labute approximate surface area is 178 Å². The van der Waals surface area contributed by atoms with Gasteiger partial charge in [0.05, 0.1) is 11.1 Å². The van der Waals surface area contributed by atoms with E-state index >= 15 is 0 Å². The van der Waals surface area contributed by atoms with E-state index in [9.17, 15) is 0 Å². The summed E-state index contributed by atoms with van der Waals surface area (Å²) in [4.78, 5) is 4.78. The molecule has 0 aliphatic heterocycles. The van der Waals surface area contributed by atoms with Gasteiger partial charge < -0.3 is 8.83 Å². The summed E-state index contributed by atoms with van der Waals surface area (Å²) in [6, 6.07) is 25.0. The molecular formula is C28H19NO2. The summed E-state index contributed by atoms with van der Waals surface area (Å²) in [6.07, 6.45) is 1.83. The van der Waals surface area contributed by atoms with Gasteiger partial charge in [-0.05, 0) is 29.8 Å². The predicted molar refractivity (Wildman–Crippen MR) is 124 cm³/mol. The van der Waals surface area contributed by atoms with Gasteiger partial charge in [-0.15, -0.1) is 0 Å². The molecular weight excluding hydrogens is 382 g/mol. The smallest absolute Gasteiger partial charge is 0.139 e. The van der Waals surface area contributed by atoms with Crippen LogP contribution >= 0.6 is 0 Å². The Morgan fingerprint density at radius 2 is 1.48 bits per heavy atom. The van der Waals surface area contributed by atoms with Crippen LogP contribution in [0.25, 0.3) is 55.5 Å². The molecule has 3 heteroatoms. The third kappa shape index (κ3) is 2.10. The van der Waals surface area contributed by atoms with Crippen molar-refractivity contribution in [1.82, 2.24) is 4.98 Å². The van der Waals surface area contributed by atoms with Crippen molar-refractivity contribution in [3.63, 3.8) is 0 Å². The van der Waals surface area contributed by atoms with Gasteiger partial charge in [0.1, 0.15) is 22.5 Å². The number of rotatable bonds is 1. The highest BCUT2D eigenvalue weighted by Gasteiger charge is 2.40. The normalized spacial score (nSPS) is 14.4. The molecule has 0 atom stereocenters. The minimum absolute atomic E-state index is 0.153. The van der Waals surface area contributed by atoms with Crippen molar-refractivity contribution in [1.29, 1.82) is 0 Å².